The fourth-order valence-corrected chi connectivity index (χ4v) is 12.2. The molecule has 0 bridgehead atoms. The van der Waals surface area contributed by atoms with Crippen molar-refractivity contribution in [1.82, 2.24) is 9.62 Å². The lowest BCUT2D eigenvalue weighted by Gasteiger charge is -2.63. The molecule has 242 valence electrons. The third-order valence-corrected chi connectivity index (χ3v) is 14.9. The van der Waals surface area contributed by atoms with Crippen molar-refractivity contribution in [2.45, 2.75) is 103 Å². The van der Waals surface area contributed by atoms with Gasteiger partial charge in [-0.25, -0.2) is 17.9 Å². The number of carbonyl (C=O) groups excluding carboxylic acids is 1. The zero-order valence-electron chi connectivity index (χ0n) is 27.5. The minimum absolute atomic E-state index is 0.101. The standard InChI is InChI=1S/C37H54N2O4S/c1-6-25-22-30-32-14-13-31(36(32,3)19-16-33(30)37(4)18-15-28(40)23-34(25)37)24(2)17-20-39(5)35(41)38-44(42,43)29-12-11-26-9-7-8-10-27(26)21-29/h7-12,21,24-25,28,30-34,40H,6,13-20,22-23H2,1-5H3,(H,38,41)/t24-,25+,28-,30+,31-,32+,33+,34+,36-,37-/m1/s1. The molecule has 0 unspecified atom stereocenters. The number of nitrogens with zero attached hydrogens (tertiary/aromatic N) is 1. The van der Waals surface area contributed by atoms with Crippen molar-refractivity contribution in [3.8, 4) is 0 Å². The Morgan fingerprint density at radius 1 is 0.977 bits per heavy atom. The van der Waals surface area contributed by atoms with Gasteiger partial charge in [0.2, 0.25) is 0 Å². The molecule has 2 N–H and O–H groups in total. The van der Waals surface area contributed by atoms with Gasteiger partial charge in [-0.05, 0) is 133 Å². The summed E-state index contributed by atoms with van der Waals surface area (Å²) < 4.78 is 28.4. The molecule has 0 aromatic heterocycles. The van der Waals surface area contributed by atoms with Crippen LogP contribution in [0.25, 0.3) is 10.8 Å². The van der Waals surface area contributed by atoms with Crippen LogP contribution in [0.5, 0.6) is 0 Å². The van der Waals surface area contributed by atoms with Crippen LogP contribution in [0.15, 0.2) is 47.4 Å². The lowest BCUT2D eigenvalue weighted by molar-refractivity contribution is -0.152. The van der Waals surface area contributed by atoms with Gasteiger partial charge in [0.1, 0.15) is 0 Å². The van der Waals surface area contributed by atoms with E-state index < -0.39 is 16.1 Å². The lowest BCUT2D eigenvalue weighted by Crippen LogP contribution is -2.56. The summed E-state index contributed by atoms with van der Waals surface area (Å²) in [4.78, 5) is 14.7. The second kappa shape index (κ2) is 11.9. The molecule has 2 aromatic rings. The van der Waals surface area contributed by atoms with Crippen molar-refractivity contribution in [3.63, 3.8) is 0 Å². The third kappa shape index (κ3) is 5.48. The Bertz CT molecular complexity index is 1480. The first-order chi connectivity index (χ1) is 20.9. The number of amides is 2. The molecule has 4 fully saturated rings. The number of sulfonamides is 1. The fourth-order valence-electron chi connectivity index (χ4n) is 11.2. The van der Waals surface area contributed by atoms with E-state index in [1.807, 2.05) is 24.3 Å². The van der Waals surface area contributed by atoms with Crippen molar-refractivity contribution >= 4 is 26.8 Å². The number of aliphatic hydroxyl groups excluding tert-OH is 1. The molecule has 2 amide bonds. The Morgan fingerprint density at radius 3 is 2.43 bits per heavy atom. The molecule has 44 heavy (non-hydrogen) atoms. The van der Waals surface area contributed by atoms with Crippen molar-refractivity contribution < 1.29 is 18.3 Å². The molecule has 0 radical (unpaired) electrons. The highest BCUT2D eigenvalue weighted by Crippen LogP contribution is 2.69. The van der Waals surface area contributed by atoms with Gasteiger partial charge in [0.05, 0.1) is 11.0 Å². The van der Waals surface area contributed by atoms with Gasteiger partial charge in [0.25, 0.3) is 10.0 Å². The third-order valence-electron chi connectivity index (χ3n) is 13.6. The molecule has 0 spiro atoms. The lowest BCUT2D eigenvalue weighted by atomic mass is 9.42. The monoisotopic (exact) mass is 622 g/mol. The van der Waals surface area contributed by atoms with E-state index in [0.29, 0.717) is 35.1 Å². The maximum Gasteiger partial charge on any atom is 0.331 e. The van der Waals surface area contributed by atoms with Crippen LogP contribution >= 0.6 is 0 Å². The van der Waals surface area contributed by atoms with Crippen molar-refractivity contribution in [2.75, 3.05) is 13.6 Å². The average molecular weight is 623 g/mol. The zero-order valence-corrected chi connectivity index (χ0v) is 28.3. The Balaban J connectivity index is 1.08. The Morgan fingerprint density at radius 2 is 1.68 bits per heavy atom. The van der Waals surface area contributed by atoms with E-state index in [-0.39, 0.29) is 11.0 Å². The molecule has 0 aliphatic heterocycles. The molecule has 10 atom stereocenters. The minimum Gasteiger partial charge on any atom is -0.393 e. The highest BCUT2D eigenvalue weighted by molar-refractivity contribution is 7.90. The van der Waals surface area contributed by atoms with Gasteiger partial charge >= 0.3 is 6.03 Å². The second-order valence-corrected chi connectivity index (χ2v) is 17.3. The normalized spacial score (nSPS) is 37.5. The molecule has 6 nitrogen and oxygen atoms in total. The summed E-state index contributed by atoms with van der Waals surface area (Å²) in [6, 6.07) is 12.0. The predicted octanol–water partition coefficient (Wildman–Crippen LogP) is 7.85. The Hall–Kier alpha value is -2.12. The summed E-state index contributed by atoms with van der Waals surface area (Å²) in [5.41, 5.74) is 0.702. The van der Waals surface area contributed by atoms with Gasteiger partial charge in [-0.15, -0.1) is 0 Å². The zero-order chi connectivity index (χ0) is 31.4. The number of fused-ring (bicyclic) bond motifs is 6. The molecule has 4 aliphatic rings. The van der Waals surface area contributed by atoms with E-state index in [1.165, 1.54) is 49.8 Å². The van der Waals surface area contributed by atoms with Crippen LogP contribution < -0.4 is 4.72 Å². The van der Waals surface area contributed by atoms with Crippen LogP contribution in [0.2, 0.25) is 0 Å². The quantitative estimate of drug-likeness (QED) is 0.329. The number of nitrogens with one attached hydrogen (secondary N) is 1. The average Bonchev–Trinajstić information content (AvgIpc) is 3.36. The van der Waals surface area contributed by atoms with Gasteiger partial charge in [0, 0.05) is 13.6 Å². The molecular formula is C37H54N2O4S. The number of hydrogen-bond acceptors (Lipinski definition) is 4. The van der Waals surface area contributed by atoms with Crippen LogP contribution in [-0.4, -0.2) is 44.2 Å². The number of hydrogen-bond donors (Lipinski definition) is 2. The van der Waals surface area contributed by atoms with Crippen molar-refractivity contribution in [1.29, 1.82) is 0 Å². The van der Waals surface area contributed by atoms with Gasteiger partial charge in [-0.1, -0.05) is 64.4 Å². The van der Waals surface area contributed by atoms with E-state index in [4.69, 9.17) is 0 Å². The van der Waals surface area contributed by atoms with E-state index in [2.05, 4.69) is 32.4 Å². The molecule has 0 heterocycles. The van der Waals surface area contributed by atoms with Gasteiger partial charge in [-0.3, -0.25) is 0 Å². The molecule has 4 saturated carbocycles. The Labute approximate surface area is 265 Å². The van der Waals surface area contributed by atoms with Crippen LogP contribution in [0.3, 0.4) is 0 Å². The van der Waals surface area contributed by atoms with Crippen LogP contribution in [0, 0.1) is 52.3 Å². The van der Waals surface area contributed by atoms with Gasteiger partial charge < -0.3 is 10.0 Å². The highest BCUT2D eigenvalue weighted by Gasteiger charge is 2.62. The molecule has 4 aliphatic carbocycles. The smallest absolute Gasteiger partial charge is 0.331 e. The summed E-state index contributed by atoms with van der Waals surface area (Å²) in [6.07, 6.45) is 11.7. The van der Waals surface area contributed by atoms with E-state index in [0.717, 1.165) is 53.7 Å². The number of carbonyl (C=O) groups is 1. The summed E-state index contributed by atoms with van der Waals surface area (Å²) in [6.45, 7) is 10.4. The number of aliphatic hydroxyl groups is 1. The maximum atomic E-state index is 13.1. The predicted molar refractivity (Wildman–Crippen MR) is 176 cm³/mol. The SMILES string of the molecule is CC[C@H]1C[C@@H]2[C@H](CC[C@]3(C)[C@@H]([C@H](C)CCN(C)C(=O)NS(=O)(=O)c4ccc5ccccc5c4)CC[C@@H]23)[C@@]2(C)CC[C@@H](O)C[C@@H]12. The van der Waals surface area contributed by atoms with Crippen LogP contribution in [0.1, 0.15) is 91.9 Å². The summed E-state index contributed by atoms with van der Waals surface area (Å²) in [7, 11) is -2.26. The number of rotatable bonds is 7. The molecule has 0 saturated heterocycles. The summed E-state index contributed by atoms with van der Waals surface area (Å²) >= 11 is 0. The van der Waals surface area contributed by atoms with E-state index in [1.54, 1.807) is 25.2 Å². The molecule has 6 rings (SSSR count). The highest BCUT2D eigenvalue weighted by atomic mass is 32.2. The van der Waals surface area contributed by atoms with Crippen LogP contribution in [-0.2, 0) is 10.0 Å². The topological polar surface area (TPSA) is 86.7 Å². The maximum absolute atomic E-state index is 13.1. The molecule has 7 heteroatoms. The minimum atomic E-state index is -3.97. The largest absolute Gasteiger partial charge is 0.393 e. The molecule has 2 aromatic carbocycles. The first-order valence-corrected chi connectivity index (χ1v) is 18.8. The van der Waals surface area contributed by atoms with Crippen LogP contribution in [0.4, 0.5) is 4.79 Å². The number of benzene rings is 2. The Kier molecular flexibility index (Phi) is 8.62. The van der Waals surface area contributed by atoms with E-state index >= 15 is 0 Å². The molecular weight excluding hydrogens is 568 g/mol. The fraction of sp³-hybridized carbons (Fsp3) is 0.703. The first kappa shape index (κ1) is 31.8. The van der Waals surface area contributed by atoms with Gasteiger partial charge in [0.15, 0.2) is 0 Å². The summed E-state index contributed by atoms with van der Waals surface area (Å²) in [5, 5.41) is 12.4. The van der Waals surface area contributed by atoms with E-state index in [9.17, 15) is 18.3 Å². The first-order valence-electron chi connectivity index (χ1n) is 17.3. The van der Waals surface area contributed by atoms with Crippen molar-refractivity contribution in [3.05, 3.63) is 42.5 Å². The van der Waals surface area contributed by atoms with Crippen molar-refractivity contribution in [2.24, 2.45) is 52.3 Å². The second-order valence-electron chi connectivity index (χ2n) is 15.7. The summed E-state index contributed by atoms with van der Waals surface area (Å²) in [5.74, 6) is 4.84. The van der Waals surface area contributed by atoms with Gasteiger partial charge in [-0.2, -0.15) is 0 Å². The number of urea groups is 1.